The van der Waals surface area contributed by atoms with Crippen LogP contribution in [0.3, 0.4) is 0 Å². The van der Waals surface area contributed by atoms with Crippen LogP contribution in [0.4, 0.5) is 0 Å². The maximum Gasteiger partial charge on any atom is 0.243 e. The van der Waals surface area contributed by atoms with E-state index < -0.39 is 0 Å². The molecule has 3 aliphatic rings. The summed E-state index contributed by atoms with van der Waals surface area (Å²) in [5.74, 6) is 1.41. The molecule has 3 rings (SSSR count). The number of amides is 1. The number of nitrogens with zero attached hydrogens (tertiary/aromatic N) is 2. The number of hydrogen-bond donors (Lipinski definition) is 2. The minimum atomic E-state index is -0.140. The summed E-state index contributed by atoms with van der Waals surface area (Å²) in [6, 6.07) is 0.711. The lowest BCUT2D eigenvalue weighted by molar-refractivity contribution is -0.127. The van der Waals surface area contributed by atoms with Crippen LogP contribution in [0.2, 0.25) is 0 Å². The van der Waals surface area contributed by atoms with Crippen molar-refractivity contribution in [1.29, 1.82) is 0 Å². The number of nitrogens with one attached hydrogen (secondary N) is 2. The normalized spacial score (nSPS) is 33.2. The average Bonchev–Trinajstić information content (AvgIpc) is 3.08. The molecular weight excluding hydrogens is 471 g/mol. The van der Waals surface area contributed by atoms with Crippen LogP contribution in [-0.2, 0) is 14.3 Å². The van der Waals surface area contributed by atoms with Crippen LogP contribution in [-0.4, -0.2) is 74.9 Å². The second kappa shape index (κ2) is 11.0. The first-order valence-electron chi connectivity index (χ1n) is 10.5. The third-order valence-electron chi connectivity index (χ3n) is 6.21. The van der Waals surface area contributed by atoms with E-state index in [9.17, 15) is 4.79 Å². The van der Waals surface area contributed by atoms with E-state index in [1.807, 2.05) is 0 Å². The van der Waals surface area contributed by atoms with Gasteiger partial charge in [0, 0.05) is 45.8 Å². The Balaban J connectivity index is 0.00000280. The Morgan fingerprint density at radius 2 is 1.96 bits per heavy atom. The first-order valence-corrected chi connectivity index (χ1v) is 10.5. The van der Waals surface area contributed by atoms with Crippen LogP contribution in [0.1, 0.15) is 51.9 Å². The van der Waals surface area contributed by atoms with Crippen molar-refractivity contribution in [3.8, 4) is 0 Å². The predicted octanol–water partition coefficient (Wildman–Crippen LogP) is 2.14. The van der Waals surface area contributed by atoms with Gasteiger partial charge in [0.1, 0.15) is 6.54 Å². The van der Waals surface area contributed by atoms with E-state index in [1.165, 1.54) is 19.3 Å². The zero-order valence-electron chi connectivity index (χ0n) is 17.5. The largest absolute Gasteiger partial charge is 0.378 e. The number of hydrogen-bond acceptors (Lipinski definition) is 4. The fourth-order valence-electron chi connectivity index (χ4n) is 4.33. The smallest absolute Gasteiger partial charge is 0.243 e. The first kappa shape index (κ1) is 23.7. The van der Waals surface area contributed by atoms with Crippen molar-refractivity contribution < 1.29 is 14.3 Å². The molecule has 3 fully saturated rings. The molecule has 1 aliphatic carbocycles. The summed E-state index contributed by atoms with van der Waals surface area (Å²) in [6.07, 6.45) is 7.81. The van der Waals surface area contributed by atoms with Crippen molar-refractivity contribution in [2.45, 2.75) is 69.6 Å². The molecule has 8 heteroatoms. The van der Waals surface area contributed by atoms with Gasteiger partial charge < -0.3 is 25.0 Å². The number of guanidine groups is 1. The lowest BCUT2D eigenvalue weighted by Gasteiger charge is -2.38. The standard InChI is InChI=1S/C20H36N4O3.HI/c1-15-6-4-5-7-17(15)23-19(21-13-18(25)24(2)3)22-16-8-10-27-20(12-16)9-11-26-14-20;/h15-17H,4-14H2,1-3H3,(H2,21,22,23);1H. The number of carbonyl (C=O) groups excluding carboxylic acids is 1. The van der Waals surface area contributed by atoms with E-state index in [0.29, 0.717) is 24.6 Å². The van der Waals surface area contributed by atoms with Gasteiger partial charge in [0.05, 0.1) is 12.2 Å². The second-order valence-corrected chi connectivity index (χ2v) is 8.63. The second-order valence-electron chi connectivity index (χ2n) is 8.63. The molecule has 4 atom stereocenters. The monoisotopic (exact) mass is 508 g/mol. The van der Waals surface area contributed by atoms with Crippen LogP contribution in [0.25, 0.3) is 0 Å². The summed E-state index contributed by atoms with van der Waals surface area (Å²) >= 11 is 0. The maximum atomic E-state index is 12.0. The number of aliphatic imine (C=N–C) groups is 1. The molecule has 2 saturated heterocycles. The summed E-state index contributed by atoms with van der Waals surface area (Å²) < 4.78 is 11.6. The summed E-state index contributed by atoms with van der Waals surface area (Å²) in [5, 5.41) is 7.22. The third-order valence-corrected chi connectivity index (χ3v) is 6.21. The Labute approximate surface area is 186 Å². The van der Waals surface area contributed by atoms with Crippen LogP contribution >= 0.6 is 24.0 Å². The first-order chi connectivity index (χ1) is 13.0. The number of ether oxygens (including phenoxy) is 2. The molecular formula is C20H37IN4O3. The van der Waals surface area contributed by atoms with E-state index in [2.05, 4.69) is 22.5 Å². The highest BCUT2D eigenvalue weighted by molar-refractivity contribution is 14.0. The maximum absolute atomic E-state index is 12.0. The molecule has 0 aromatic carbocycles. The van der Waals surface area contributed by atoms with E-state index in [-0.39, 0.29) is 42.0 Å². The Bertz CT molecular complexity index is 538. The number of carbonyl (C=O) groups is 1. The van der Waals surface area contributed by atoms with Crippen LogP contribution in [0.5, 0.6) is 0 Å². The van der Waals surface area contributed by atoms with E-state index in [0.717, 1.165) is 44.9 Å². The zero-order valence-corrected chi connectivity index (χ0v) is 19.9. The van der Waals surface area contributed by atoms with Gasteiger partial charge >= 0.3 is 0 Å². The highest BCUT2D eigenvalue weighted by Gasteiger charge is 2.41. The fraction of sp³-hybridized carbons (Fsp3) is 0.900. The van der Waals surface area contributed by atoms with Gasteiger partial charge in [0.25, 0.3) is 0 Å². The lowest BCUT2D eigenvalue weighted by Crippen LogP contribution is -2.54. The van der Waals surface area contributed by atoms with Crippen molar-refractivity contribution in [1.82, 2.24) is 15.5 Å². The molecule has 7 nitrogen and oxygen atoms in total. The summed E-state index contributed by atoms with van der Waals surface area (Å²) in [6.45, 7) is 4.68. The molecule has 1 saturated carbocycles. The molecule has 0 aromatic rings. The molecule has 1 spiro atoms. The number of likely N-dealkylation sites (N-methyl/N-ethyl adjacent to an activating group) is 1. The third kappa shape index (κ3) is 6.45. The average molecular weight is 508 g/mol. The highest BCUT2D eigenvalue weighted by Crippen LogP contribution is 2.32. The highest BCUT2D eigenvalue weighted by atomic mass is 127. The molecule has 28 heavy (non-hydrogen) atoms. The molecule has 1 amide bonds. The van der Waals surface area contributed by atoms with Gasteiger partial charge in [-0.15, -0.1) is 24.0 Å². The Kier molecular flexibility index (Phi) is 9.27. The minimum Gasteiger partial charge on any atom is -0.378 e. The topological polar surface area (TPSA) is 75.2 Å². The molecule has 0 bridgehead atoms. The summed E-state index contributed by atoms with van der Waals surface area (Å²) in [5.41, 5.74) is -0.140. The Morgan fingerprint density at radius 3 is 2.64 bits per heavy atom. The molecule has 4 unspecified atom stereocenters. The minimum absolute atomic E-state index is 0. The Morgan fingerprint density at radius 1 is 1.18 bits per heavy atom. The SMILES string of the molecule is CC1CCCCC1NC(=NCC(=O)N(C)C)NC1CCOC2(CCOC2)C1.I. The molecule has 2 aliphatic heterocycles. The van der Waals surface area contributed by atoms with Crippen molar-refractivity contribution in [2.24, 2.45) is 10.9 Å². The quantitative estimate of drug-likeness (QED) is 0.346. The van der Waals surface area contributed by atoms with Crippen molar-refractivity contribution >= 4 is 35.8 Å². The lowest BCUT2D eigenvalue weighted by atomic mass is 9.86. The summed E-state index contributed by atoms with van der Waals surface area (Å²) in [7, 11) is 3.54. The van der Waals surface area contributed by atoms with Crippen LogP contribution in [0.15, 0.2) is 4.99 Å². The van der Waals surface area contributed by atoms with Gasteiger partial charge in [-0.3, -0.25) is 4.79 Å². The van der Waals surface area contributed by atoms with Crippen molar-refractivity contribution in [2.75, 3.05) is 40.5 Å². The van der Waals surface area contributed by atoms with Gasteiger partial charge in [-0.2, -0.15) is 0 Å². The van der Waals surface area contributed by atoms with Gasteiger partial charge in [-0.25, -0.2) is 4.99 Å². The van der Waals surface area contributed by atoms with Crippen LogP contribution in [0, 0.1) is 5.92 Å². The van der Waals surface area contributed by atoms with E-state index in [1.54, 1.807) is 19.0 Å². The number of halogens is 1. The molecule has 2 N–H and O–H groups in total. The van der Waals surface area contributed by atoms with Gasteiger partial charge in [-0.05, 0) is 31.6 Å². The van der Waals surface area contributed by atoms with Gasteiger partial charge in [-0.1, -0.05) is 19.8 Å². The van der Waals surface area contributed by atoms with Gasteiger partial charge in [0.2, 0.25) is 5.91 Å². The Hall–Kier alpha value is -0.610. The van der Waals surface area contributed by atoms with Crippen LogP contribution < -0.4 is 10.6 Å². The molecule has 2 heterocycles. The van der Waals surface area contributed by atoms with Crippen molar-refractivity contribution in [3.63, 3.8) is 0 Å². The predicted molar refractivity (Wildman–Crippen MR) is 121 cm³/mol. The molecule has 162 valence electrons. The number of rotatable bonds is 4. The molecule has 0 radical (unpaired) electrons. The van der Waals surface area contributed by atoms with E-state index in [4.69, 9.17) is 9.47 Å². The zero-order chi connectivity index (χ0) is 19.3. The molecule has 0 aromatic heterocycles. The van der Waals surface area contributed by atoms with Crippen molar-refractivity contribution in [3.05, 3.63) is 0 Å². The fourth-order valence-corrected chi connectivity index (χ4v) is 4.33. The van der Waals surface area contributed by atoms with Gasteiger partial charge in [0.15, 0.2) is 5.96 Å². The van der Waals surface area contributed by atoms with E-state index >= 15 is 0 Å². The summed E-state index contributed by atoms with van der Waals surface area (Å²) in [4.78, 5) is 18.2.